The second kappa shape index (κ2) is 10.6. The number of methoxy groups -OCH3 is 1. The summed E-state index contributed by atoms with van der Waals surface area (Å²) in [4.78, 5) is 24.4. The predicted molar refractivity (Wildman–Crippen MR) is 115 cm³/mol. The highest BCUT2D eigenvalue weighted by Crippen LogP contribution is 2.34. The number of hydrogen-bond donors (Lipinski definition) is 1. The zero-order valence-corrected chi connectivity index (χ0v) is 18.0. The molecule has 1 saturated heterocycles. The van der Waals surface area contributed by atoms with Crippen LogP contribution in [0.5, 0.6) is 11.5 Å². The van der Waals surface area contributed by atoms with Crippen LogP contribution >= 0.6 is 23.5 Å². The Bertz CT molecular complexity index is 670. The highest BCUT2D eigenvalue weighted by molar-refractivity contribution is 8.14. The number of para-hydroxylation sites is 2. The van der Waals surface area contributed by atoms with Gasteiger partial charge in [-0.1, -0.05) is 49.6 Å². The molecule has 7 heteroatoms. The molecule has 1 aliphatic carbocycles. The van der Waals surface area contributed by atoms with Crippen molar-refractivity contribution in [3.05, 3.63) is 24.3 Å². The van der Waals surface area contributed by atoms with Crippen molar-refractivity contribution in [3.63, 3.8) is 0 Å². The number of nitrogens with one attached hydrogen (secondary N) is 1. The Morgan fingerprint density at radius 3 is 2.68 bits per heavy atom. The monoisotopic (exact) mass is 423 g/mol. The summed E-state index contributed by atoms with van der Waals surface area (Å²) in [6.07, 6.45) is 6.63. The van der Waals surface area contributed by atoms with Gasteiger partial charge in [0, 0.05) is 18.7 Å². The minimum Gasteiger partial charge on any atom is -0.493 e. The van der Waals surface area contributed by atoms with Gasteiger partial charge in [-0.05, 0) is 24.5 Å². The van der Waals surface area contributed by atoms with Gasteiger partial charge in [0.2, 0.25) is 0 Å². The van der Waals surface area contributed by atoms with Crippen LogP contribution in [0.1, 0.15) is 38.5 Å². The molecule has 5 nitrogen and oxygen atoms in total. The van der Waals surface area contributed by atoms with Crippen LogP contribution in [0.15, 0.2) is 24.3 Å². The highest BCUT2D eigenvalue weighted by atomic mass is 32.2. The number of rotatable bonds is 10. The minimum absolute atomic E-state index is 0.0177. The fourth-order valence-corrected chi connectivity index (χ4v) is 5.78. The van der Waals surface area contributed by atoms with E-state index in [1.165, 1.54) is 25.7 Å². The fourth-order valence-electron chi connectivity index (χ4n) is 3.75. The third-order valence-electron chi connectivity index (χ3n) is 5.41. The Balaban J connectivity index is 1.50. The van der Waals surface area contributed by atoms with Crippen LogP contribution in [0.3, 0.4) is 0 Å². The van der Waals surface area contributed by atoms with E-state index in [0.29, 0.717) is 23.8 Å². The van der Waals surface area contributed by atoms with Crippen LogP contribution in [0.2, 0.25) is 0 Å². The van der Waals surface area contributed by atoms with Crippen molar-refractivity contribution in [2.45, 2.75) is 43.4 Å². The summed E-state index contributed by atoms with van der Waals surface area (Å²) >= 11 is 2.73. The SMILES string of the molecule is COc1ccccc1OCC1(C(=O)CSC(=O)CCC2CCCC2)NCCS1. The van der Waals surface area contributed by atoms with Crippen LogP contribution in [0, 0.1) is 5.92 Å². The Kier molecular flexibility index (Phi) is 8.11. The molecule has 1 aromatic carbocycles. The number of ketones is 1. The lowest BCUT2D eigenvalue weighted by atomic mass is 10.0. The quantitative estimate of drug-likeness (QED) is 0.612. The van der Waals surface area contributed by atoms with E-state index in [-0.39, 0.29) is 23.3 Å². The van der Waals surface area contributed by atoms with E-state index in [2.05, 4.69) is 5.32 Å². The third-order valence-corrected chi connectivity index (χ3v) is 7.73. The van der Waals surface area contributed by atoms with Crippen LogP contribution < -0.4 is 14.8 Å². The third kappa shape index (κ3) is 5.67. The summed E-state index contributed by atoms with van der Waals surface area (Å²) in [6, 6.07) is 7.42. The zero-order valence-electron chi connectivity index (χ0n) is 16.4. The van der Waals surface area contributed by atoms with Crippen molar-refractivity contribution in [1.29, 1.82) is 0 Å². The van der Waals surface area contributed by atoms with E-state index < -0.39 is 4.87 Å². The van der Waals surface area contributed by atoms with Gasteiger partial charge in [0.15, 0.2) is 27.3 Å². The summed E-state index contributed by atoms with van der Waals surface area (Å²) in [7, 11) is 1.60. The molecule has 1 unspecified atom stereocenters. The Morgan fingerprint density at radius 2 is 2.00 bits per heavy atom. The van der Waals surface area contributed by atoms with Gasteiger partial charge in [0.25, 0.3) is 0 Å². The van der Waals surface area contributed by atoms with Crippen molar-refractivity contribution in [1.82, 2.24) is 5.32 Å². The molecule has 0 spiro atoms. The van der Waals surface area contributed by atoms with Gasteiger partial charge in [0.05, 0.1) is 12.9 Å². The number of thioether (sulfide) groups is 2. The van der Waals surface area contributed by atoms with Gasteiger partial charge >= 0.3 is 0 Å². The zero-order chi connectivity index (χ0) is 19.8. The average Bonchev–Trinajstić information content (AvgIpc) is 3.41. The van der Waals surface area contributed by atoms with Crippen molar-refractivity contribution in [3.8, 4) is 11.5 Å². The molecule has 1 aliphatic heterocycles. The first kappa shape index (κ1) is 21.5. The Hall–Kier alpha value is -1.18. The highest BCUT2D eigenvalue weighted by Gasteiger charge is 2.42. The largest absolute Gasteiger partial charge is 0.493 e. The summed E-state index contributed by atoms with van der Waals surface area (Å²) in [5, 5.41) is 3.43. The number of ether oxygens (including phenoxy) is 2. The molecular formula is C21H29NO4S2. The van der Waals surface area contributed by atoms with Crippen LogP contribution in [-0.4, -0.2) is 47.5 Å². The standard InChI is InChI=1S/C21H29NO4S2/c1-25-17-8-4-5-9-18(17)26-15-21(22-12-13-28-21)19(23)14-27-20(24)11-10-16-6-2-3-7-16/h4-5,8-9,16,22H,2-3,6-7,10-15H2,1H3. The molecule has 0 radical (unpaired) electrons. The van der Waals surface area contributed by atoms with E-state index >= 15 is 0 Å². The lowest BCUT2D eigenvalue weighted by Crippen LogP contribution is -2.51. The number of carbonyl (C=O) groups is 2. The lowest BCUT2D eigenvalue weighted by molar-refractivity contribution is -0.120. The minimum atomic E-state index is -0.792. The van der Waals surface area contributed by atoms with Crippen LogP contribution in [-0.2, 0) is 9.59 Å². The molecule has 3 rings (SSSR count). The van der Waals surface area contributed by atoms with Gasteiger partial charge < -0.3 is 9.47 Å². The maximum absolute atomic E-state index is 12.9. The second-order valence-corrected chi connectivity index (χ2v) is 9.74. The summed E-state index contributed by atoms with van der Waals surface area (Å²) in [5.74, 6) is 3.02. The topological polar surface area (TPSA) is 64.6 Å². The summed E-state index contributed by atoms with van der Waals surface area (Å²) < 4.78 is 11.3. The molecule has 28 heavy (non-hydrogen) atoms. The van der Waals surface area contributed by atoms with E-state index in [1.807, 2.05) is 24.3 Å². The van der Waals surface area contributed by atoms with Gasteiger partial charge in [-0.25, -0.2) is 0 Å². The molecule has 1 atom stereocenters. The molecular weight excluding hydrogens is 394 g/mol. The van der Waals surface area contributed by atoms with E-state index in [0.717, 1.165) is 30.5 Å². The van der Waals surface area contributed by atoms with Crippen molar-refractivity contribution >= 4 is 34.4 Å². The van der Waals surface area contributed by atoms with Crippen LogP contribution in [0.25, 0.3) is 0 Å². The first-order chi connectivity index (χ1) is 13.6. The maximum atomic E-state index is 12.9. The van der Waals surface area contributed by atoms with Gasteiger partial charge in [-0.3, -0.25) is 14.9 Å². The van der Waals surface area contributed by atoms with Crippen molar-refractivity contribution < 1.29 is 19.1 Å². The molecule has 2 fully saturated rings. The molecule has 1 aromatic rings. The molecule has 154 valence electrons. The fraction of sp³-hybridized carbons (Fsp3) is 0.619. The molecule has 2 aliphatic rings. The van der Waals surface area contributed by atoms with E-state index in [9.17, 15) is 9.59 Å². The molecule has 1 saturated carbocycles. The number of benzene rings is 1. The molecule has 0 amide bonds. The normalized spacial score (nSPS) is 22.3. The van der Waals surface area contributed by atoms with E-state index in [1.54, 1.807) is 18.9 Å². The first-order valence-electron chi connectivity index (χ1n) is 9.97. The Labute approximate surface area is 175 Å². The summed E-state index contributed by atoms with van der Waals surface area (Å²) in [5.41, 5.74) is 0. The van der Waals surface area contributed by atoms with Crippen molar-refractivity contribution in [2.24, 2.45) is 5.92 Å². The van der Waals surface area contributed by atoms with Gasteiger partial charge in [-0.15, -0.1) is 11.8 Å². The van der Waals surface area contributed by atoms with Gasteiger partial charge in [-0.2, -0.15) is 0 Å². The smallest absolute Gasteiger partial charge is 0.189 e. The summed E-state index contributed by atoms with van der Waals surface area (Å²) in [6.45, 7) is 0.972. The molecule has 1 heterocycles. The number of hydrogen-bond acceptors (Lipinski definition) is 7. The predicted octanol–water partition coefficient (Wildman–Crippen LogP) is 3.91. The van der Waals surface area contributed by atoms with Crippen molar-refractivity contribution in [2.75, 3.05) is 31.8 Å². The molecule has 0 bridgehead atoms. The second-order valence-electron chi connectivity index (χ2n) is 7.31. The molecule has 1 N–H and O–H groups in total. The number of Topliss-reactive ketones (excluding diaryl/α,β-unsaturated/α-hetero) is 1. The molecule has 0 aromatic heterocycles. The first-order valence-corrected chi connectivity index (χ1v) is 11.9. The lowest BCUT2D eigenvalue weighted by Gasteiger charge is -2.27. The van der Waals surface area contributed by atoms with E-state index in [4.69, 9.17) is 9.47 Å². The average molecular weight is 424 g/mol. The Morgan fingerprint density at radius 1 is 1.25 bits per heavy atom. The van der Waals surface area contributed by atoms with Gasteiger partial charge in [0.1, 0.15) is 6.61 Å². The van der Waals surface area contributed by atoms with Crippen LogP contribution in [0.4, 0.5) is 0 Å². The maximum Gasteiger partial charge on any atom is 0.189 e. The number of carbonyl (C=O) groups excluding carboxylic acids is 2.